The molecule has 35 heavy (non-hydrogen) atoms. The van der Waals surface area contributed by atoms with Crippen LogP contribution in [0.5, 0.6) is 0 Å². The number of hydrogen-bond donors (Lipinski definition) is 2. The minimum atomic E-state index is -0.227. The number of aromatic nitrogens is 3. The molecule has 4 aliphatic rings. The summed E-state index contributed by atoms with van der Waals surface area (Å²) in [5, 5.41) is 29.4. The third kappa shape index (κ3) is 4.14. The highest BCUT2D eigenvalue weighted by molar-refractivity contribution is 5.69. The zero-order valence-electron chi connectivity index (χ0n) is 22.0. The van der Waals surface area contributed by atoms with Gasteiger partial charge in [0.25, 0.3) is 0 Å². The van der Waals surface area contributed by atoms with Gasteiger partial charge in [0.05, 0.1) is 32.1 Å². The fraction of sp³-hybridized carbons (Fsp3) is 0.893. The average Bonchev–Trinajstić information content (AvgIpc) is 3.47. The van der Waals surface area contributed by atoms with E-state index in [0.29, 0.717) is 53.7 Å². The Morgan fingerprint density at radius 3 is 2.63 bits per heavy atom. The van der Waals surface area contributed by atoms with E-state index in [0.717, 1.165) is 25.7 Å². The Bertz CT molecular complexity index is 920. The number of hydrogen-bond acceptors (Lipinski definition) is 6. The summed E-state index contributed by atoms with van der Waals surface area (Å²) < 4.78 is 6.85. The largest absolute Gasteiger partial charge is 0.469 e. The minimum Gasteiger partial charge on any atom is -0.469 e. The lowest BCUT2D eigenvalue weighted by atomic mass is 9.43. The first-order chi connectivity index (χ1) is 16.7. The van der Waals surface area contributed by atoms with Crippen LogP contribution in [0.1, 0.15) is 96.7 Å². The molecule has 7 nitrogen and oxygen atoms in total. The van der Waals surface area contributed by atoms with Gasteiger partial charge in [0.15, 0.2) is 0 Å². The molecule has 0 unspecified atom stereocenters. The molecular weight excluding hydrogens is 442 g/mol. The van der Waals surface area contributed by atoms with Crippen molar-refractivity contribution in [3.63, 3.8) is 0 Å². The van der Waals surface area contributed by atoms with E-state index in [1.54, 1.807) is 0 Å². The number of aliphatic hydroxyl groups is 2. The Morgan fingerprint density at radius 2 is 1.91 bits per heavy atom. The SMILES string of the molecule is COC(=O)CC[C@@H](C)[C@H]1CC[C@H]2[C@@H]3[C@H](O)C[C@@H]4C[C@H](n5cc(CO)nn5)CC[C@]4(C)[C@H]3CC[C@]12C. The van der Waals surface area contributed by atoms with Crippen molar-refractivity contribution >= 4 is 5.97 Å². The Balaban J connectivity index is 1.31. The van der Waals surface area contributed by atoms with E-state index in [9.17, 15) is 15.0 Å². The first kappa shape index (κ1) is 25.2. The molecule has 4 saturated carbocycles. The van der Waals surface area contributed by atoms with Gasteiger partial charge in [0, 0.05) is 6.42 Å². The van der Waals surface area contributed by atoms with Crippen molar-refractivity contribution < 1.29 is 19.7 Å². The van der Waals surface area contributed by atoms with Crippen LogP contribution in [0.2, 0.25) is 0 Å². The van der Waals surface area contributed by atoms with Crippen molar-refractivity contribution in [2.45, 2.75) is 104 Å². The number of fused-ring (bicyclic) bond motifs is 5. The van der Waals surface area contributed by atoms with Crippen molar-refractivity contribution in [2.75, 3.05) is 7.11 Å². The Morgan fingerprint density at radius 1 is 1.17 bits per heavy atom. The lowest BCUT2D eigenvalue weighted by Gasteiger charge is -2.62. The molecule has 0 bridgehead atoms. The number of ether oxygens (including phenoxy) is 1. The number of carbonyl (C=O) groups is 1. The quantitative estimate of drug-likeness (QED) is 0.572. The summed E-state index contributed by atoms with van der Waals surface area (Å²) >= 11 is 0. The maximum absolute atomic E-state index is 11.7. The van der Waals surface area contributed by atoms with Gasteiger partial charge in [-0.25, -0.2) is 4.68 Å². The minimum absolute atomic E-state index is 0.0706. The van der Waals surface area contributed by atoms with Gasteiger partial charge >= 0.3 is 5.97 Å². The molecule has 0 aliphatic heterocycles. The first-order valence-corrected chi connectivity index (χ1v) is 14.0. The molecule has 0 spiro atoms. The number of esters is 1. The normalized spacial score (nSPS) is 43.7. The summed E-state index contributed by atoms with van der Waals surface area (Å²) in [4.78, 5) is 11.7. The van der Waals surface area contributed by atoms with Crippen molar-refractivity contribution in [1.82, 2.24) is 15.0 Å². The molecule has 4 aliphatic carbocycles. The summed E-state index contributed by atoms with van der Waals surface area (Å²) in [6.07, 6.45) is 12.2. The molecular formula is C28H45N3O4. The van der Waals surface area contributed by atoms with Gasteiger partial charge in [-0.3, -0.25) is 4.79 Å². The van der Waals surface area contributed by atoms with Crippen LogP contribution < -0.4 is 0 Å². The number of carbonyl (C=O) groups excluding carboxylic acids is 1. The van der Waals surface area contributed by atoms with Crippen molar-refractivity contribution in [3.8, 4) is 0 Å². The zero-order chi connectivity index (χ0) is 25.0. The highest BCUT2D eigenvalue weighted by atomic mass is 16.5. The molecule has 2 N–H and O–H groups in total. The number of aliphatic hydroxyl groups excluding tert-OH is 2. The molecule has 10 atom stereocenters. The first-order valence-electron chi connectivity index (χ1n) is 14.0. The number of nitrogens with zero attached hydrogens (tertiary/aromatic N) is 3. The van der Waals surface area contributed by atoms with Gasteiger partial charge in [0.2, 0.25) is 0 Å². The van der Waals surface area contributed by atoms with E-state index < -0.39 is 0 Å². The molecule has 0 saturated heterocycles. The number of rotatable bonds is 6. The fourth-order valence-electron chi connectivity index (χ4n) is 9.63. The van der Waals surface area contributed by atoms with E-state index in [1.807, 2.05) is 10.9 Å². The molecule has 7 heteroatoms. The highest BCUT2D eigenvalue weighted by Crippen LogP contribution is 2.68. The Labute approximate surface area is 210 Å². The maximum Gasteiger partial charge on any atom is 0.305 e. The smallest absolute Gasteiger partial charge is 0.305 e. The van der Waals surface area contributed by atoms with E-state index in [4.69, 9.17) is 4.74 Å². The van der Waals surface area contributed by atoms with Gasteiger partial charge in [0.1, 0.15) is 5.69 Å². The van der Waals surface area contributed by atoms with Crippen LogP contribution in [-0.2, 0) is 16.1 Å². The van der Waals surface area contributed by atoms with Crippen LogP contribution in [0, 0.1) is 46.3 Å². The third-order valence-electron chi connectivity index (χ3n) is 11.5. The van der Waals surface area contributed by atoms with Crippen LogP contribution in [0.4, 0.5) is 0 Å². The molecule has 1 aromatic rings. The number of methoxy groups -OCH3 is 1. The lowest BCUT2D eigenvalue weighted by Crippen LogP contribution is -2.58. The molecule has 0 amide bonds. The summed E-state index contributed by atoms with van der Waals surface area (Å²) in [6.45, 7) is 7.28. The molecule has 0 aromatic carbocycles. The van der Waals surface area contributed by atoms with Crippen molar-refractivity contribution in [3.05, 3.63) is 11.9 Å². The van der Waals surface area contributed by atoms with Crippen molar-refractivity contribution in [1.29, 1.82) is 0 Å². The summed E-state index contributed by atoms with van der Waals surface area (Å²) in [6, 6.07) is 0.310. The van der Waals surface area contributed by atoms with Crippen LogP contribution >= 0.6 is 0 Å². The van der Waals surface area contributed by atoms with Crippen LogP contribution in [0.15, 0.2) is 6.20 Å². The van der Waals surface area contributed by atoms with E-state index in [2.05, 4.69) is 31.1 Å². The van der Waals surface area contributed by atoms with Gasteiger partial charge in [-0.2, -0.15) is 0 Å². The van der Waals surface area contributed by atoms with E-state index in [1.165, 1.54) is 39.2 Å². The summed E-state index contributed by atoms with van der Waals surface area (Å²) in [7, 11) is 1.48. The van der Waals surface area contributed by atoms with E-state index >= 15 is 0 Å². The third-order valence-corrected chi connectivity index (χ3v) is 11.5. The molecule has 4 fully saturated rings. The predicted molar refractivity (Wildman–Crippen MR) is 132 cm³/mol. The Hall–Kier alpha value is -1.47. The van der Waals surface area contributed by atoms with Gasteiger partial charge in [-0.1, -0.05) is 26.0 Å². The van der Waals surface area contributed by atoms with Crippen LogP contribution in [-0.4, -0.2) is 44.4 Å². The maximum atomic E-state index is 11.7. The summed E-state index contributed by atoms with van der Waals surface area (Å²) in [5.74, 6) is 3.10. The van der Waals surface area contributed by atoms with Gasteiger partial charge in [-0.05, 0) is 104 Å². The molecule has 5 rings (SSSR count). The molecule has 196 valence electrons. The molecule has 0 radical (unpaired) electrons. The van der Waals surface area contributed by atoms with Crippen LogP contribution in [0.25, 0.3) is 0 Å². The Kier molecular flexibility index (Phi) is 6.79. The fourth-order valence-corrected chi connectivity index (χ4v) is 9.63. The molecule has 1 aromatic heterocycles. The monoisotopic (exact) mass is 487 g/mol. The van der Waals surface area contributed by atoms with Gasteiger partial charge in [-0.15, -0.1) is 5.10 Å². The van der Waals surface area contributed by atoms with E-state index in [-0.39, 0.29) is 29.5 Å². The van der Waals surface area contributed by atoms with Crippen molar-refractivity contribution in [2.24, 2.45) is 46.3 Å². The topological polar surface area (TPSA) is 97.5 Å². The van der Waals surface area contributed by atoms with Crippen LogP contribution in [0.3, 0.4) is 0 Å². The zero-order valence-corrected chi connectivity index (χ0v) is 22.0. The average molecular weight is 488 g/mol. The highest BCUT2D eigenvalue weighted by Gasteiger charge is 2.63. The second-order valence-corrected chi connectivity index (χ2v) is 12.9. The predicted octanol–water partition coefficient (Wildman–Crippen LogP) is 4.53. The second-order valence-electron chi connectivity index (χ2n) is 12.9. The van der Waals surface area contributed by atoms with Gasteiger partial charge < -0.3 is 14.9 Å². The second kappa shape index (κ2) is 9.44. The summed E-state index contributed by atoms with van der Waals surface area (Å²) in [5.41, 5.74) is 1.17. The molecule has 1 heterocycles. The standard InChI is InChI=1S/C28H45N3O4/c1-17(5-8-25(34)35-4)21-6-7-22-26-23(10-12-28(21,22)3)27(2)11-9-20(13-18(27)14-24(26)33)31-15-19(16-32)29-30-31/h15,17-18,20-24,26,32-33H,5-14,16H2,1-4H3/t17-,18+,20-,21-,22+,23+,24-,26+,27+,28-/m1/s1. The lowest BCUT2D eigenvalue weighted by molar-refractivity contribution is -0.169.